The molecule has 3 aromatic rings. The number of halogens is 1. The van der Waals surface area contributed by atoms with Crippen molar-refractivity contribution in [3.05, 3.63) is 51.9 Å². The largest absolute Gasteiger partial charge is 0.476 e. The molecule has 0 bridgehead atoms. The first-order valence-corrected chi connectivity index (χ1v) is 14.1. The number of rotatable bonds is 6. The lowest BCUT2D eigenvalue weighted by molar-refractivity contribution is -0.130. The highest BCUT2D eigenvalue weighted by atomic mass is 35.5. The number of carbonyl (C=O) groups excluding carboxylic acids is 1. The molecule has 4 rings (SSSR count). The van der Waals surface area contributed by atoms with Crippen molar-refractivity contribution in [1.29, 1.82) is 0 Å². The molecule has 0 saturated carbocycles. The van der Waals surface area contributed by atoms with Crippen molar-refractivity contribution >= 4 is 60.4 Å². The number of carboxylic acids is 1. The number of nitrogens with zero attached hydrogens (tertiary/aromatic N) is 3. The van der Waals surface area contributed by atoms with Gasteiger partial charge in [-0.15, -0.1) is 0 Å². The van der Waals surface area contributed by atoms with Crippen LogP contribution in [-0.4, -0.2) is 55.9 Å². The van der Waals surface area contributed by atoms with Crippen LogP contribution in [0.3, 0.4) is 0 Å². The van der Waals surface area contributed by atoms with Gasteiger partial charge in [-0.05, 0) is 65.6 Å². The summed E-state index contributed by atoms with van der Waals surface area (Å²) in [6, 6.07) is 10.0. The Labute approximate surface area is 212 Å². The zero-order chi connectivity index (χ0) is 25.4. The van der Waals surface area contributed by atoms with Gasteiger partial charge in [0.2, 0.25) is 10.7 Å². The van der Waals surface area contributed by atoms with Gasteiger partial charge in [0.1, 0.15) is 0 Å². The van der Waals surface area contributed by atoms with Crippen molar-refractivity contribution < 1.29 is 23.1 Å². The summed E-state index contributed by atoms with van der Waals surface area (Å²) >= 11 is 7.21. The van der Waals surface area contributed by atoms with Gasteiger partial charge in [-0.25, -0.2) is 22.5 Å². The molecule has 1 aromatic heterocycles. The molecule has 1 aliphatic heterocycles. The van der Waals surface area contributed by atoms with Crippen LogP contribution in [-0.2, 0) is 21.7 Å². The number of quaternary nitrogens is 1. The van der Waals surface area contributed by atoms with E-state index in [1.54, 1.807) is 44.4 Å². The van der Waals surface area contributed by atoms with Crippen molar-refractivity contribution in [3.63, 3.8) is 0 Å². The predicted molar refractivity (Wildman–Crippen MR) is 138 cm³/mol. The summed E-state index contributed by atoms with van der Waals surface area (Å²) in [5.41, 5.74) is 0.0295. The molecule has 1 saturated heterocycles. The van der Waals surface area contributed by atoms with Crippen LogP contribution < -0.4 is 9.28 Å². The molecule has 1 aliphatic rings. The van der Waals surface area contributed by atoms with E-state index in [9.17, 15) is 23.1 Å². The monoisotopic (exact) mass is 536 g/mol. The van der Waals surface area contributed by atoms with Gasteiger partial charge in [0.05, 0.1) is 30.2 Å². The standard InChI is InChI=1S/C24H26ClN3O5S2/c1-26-24-27(2)21(23(30)31)22(34-24)28(11-4-3-5-12-28)20(29)10-13-35(32,33)19-9-7-16-14-18(25)8-6-17(16)15-19/h6-9,14-15H,3-5,10-13H2,1-2H3/p+1. The molecule has 0 radical (unpaired) electrons. The van der Waals surface area contributed by atoms with Gasteiger partial charge in [0, 0.05) is 19.1 Å². The number of aromatic nitrogens is 1. The molecule has 2 heterocycles. The maximum absolute atomic E-state index is 13.7. The molecular formula is C24H27ClN3O5S2+. The Morgan fingerprint density at radius 1 is 1.11 bits per heavy atom. The number of benzene rings is 2. The van der Waals surface area contributed by atoms with E-state index < -0.39 is 15.8 Å². The first-order valence-electron chi connectivity index (χ1n) is 11.3. The Bertz CT molecular complexity index is 1480. The van der Waals surface area contributed by atoms with Gasteiger partial charge < -0.3 is 9.67 Å². The minimum Gasteiger partial charge on any atom is -0.476 e. The molecule has 0 atom stereocenters. The van der Waals surface area contributed by atoms with E-state index >= 15 is 0 Å². The Hall–Kier alpha value is -2.53. The number of likely N-dealkylation sites (tertiary alicyclic amines) is 1. The number of carboxylic acid groups (broad SMARTS) is 1. The second-order valence-electron chi connectivity index (χ2n) is 8.72. The van der Waals surface area contributed by atoms with Crippen molar-refractivity contribution in [1.82, 2.24) is 9.05 Å². The van der Waals surface area contributed by atoms with E-state index in [1.807, 2.05) is 0 Å². The van der Waals surface area contributed by atoms with Crippen LogP contribution in [0.2, 0.25) is 5.02 Å². The van der Waals surface area contributed by atoms with E-state index in [0.29, 0.717) is 27.9 Å². The van der Waals surface area contributed by atoms with Crippen LogP contribution in [0, 0.1) is 0 Å². The van der Waals surface area contributed by atoms with Crippen LogP contribution in [0.25, 0.3) is 10.8 Å². The zero-order valence-corrected chi connectivity index (χ0v) is 21.9. The highest BCUT2D eigenvalue weighted by molar-refractivity contribution is 7.91. The van der Waals surface area contributed by atoms with Gasteiger partial charge in [0.15, 0.2) is 14.6 Å². The number of sulfone groups is 1. The lowest BCUT2D eigenvalue weighted by atomic mass is 10.1. The molecule has 0 spiro atoms. The normalized spacial score (nSPS) is 16.5. The van der Waals surface area contributed by atoms with Crippen LogP contribution >= 0.6 is 22.9 Å². The number of hydrogen-bond donors (Lipinski definition) is 1. The van der Waals surface area contributed by atoms with Gasteiger partial charge in [-0.2, -0.15) is 0 Å². The number of fused-ring (bicyclic) bond motifs is 1. The fourth-order valence-corrected chi connectivity index (χ4v) is 7.44. The topological polar surface area (TPSA) is 106 Å². The third-order valence-corrected chi connectivity index (χ3v) is 9.89. The van der Waals surface area contributed by atoms with E-state index in [-0.39, 0.29) is 33.2 Å². The highest BCUT2D eigenvalue weighted by Gasteiger charge is 2.45. The van der Waals surface area contributed by atoms with Gasteiger partial charge in [-0.1, -0.05) is 23.7 Å². The van der Waals surface area contributed by atoms with Gasteiger partial charge in [0.25, 0.3) is 0 Å². The molecule has 8 nitrogen and oxygen atoms in total. The van der Waals surface area contributed by atoms with Crippen LogP contribution in [0.4, 0.5) is 5.00 Å². The van der Waals surface area contributed by atoms with E-state index in [4.69, 9.17) is 11.6 Å². The molecule has 11 heteroatoms. The fourth-order valence-electron chi connectivity index (χ4n) is 4.72. The summed E-state index contributed by atoms with van der Waals surface area (Å²) in [4.78, 5) is 30.6. The second kappa shape index (κ2) is 9.85. The molecule has 186 valence electrons. The first kappa shape index (κ1) is 25.6. The summed E-state index contributed by atoms with van der Waals surface area (Å²) in [5, 5.41) is 12.5. The smallest absolute Gasteiger partial charge is 0.359 e. The Morgan fingerprint density at radius 2 is 1.77 bits per heavy atom. The third-order valence-electron chi connectivity index (χ3n) is 6.57. The molecular weight excluding hydrogens is 510 g/mol. The molecule has 1 N–H and O–H groups in total. The lowest BCUT2D eigenvalue weighted by Gasteiger charge is -2.37. The van der Waals surface area contributed by atoms with E-state index in [2.05, 4.69) is 4.99 Å². The Kier molecular flexibility index (Phi) is 7.19. The van der Waals surface area contributed by atoms with E-state index in [0.717, 1.165) is 30.0 Å². The number of piperidine rings is 1. The number of amides is 1. The zero-order valence-electron chi connectivity index (χ0n) is 19.5. The van der Waals surface area contributed by atoms with Gasteiger partial charge in [-0.3, -0.25) is 4.99 Å². The molecule has 1 amide bonds. The predicted octanol–water partition coefficient (Wildman–Crippen LogP) is 4.00. The van der Waals surface area contributed by atoms with Crippen molar-refractivity contribution in [2.75, 3.05) is 25.9 Å². The summed E-state index contributed by atoms with van der Waals surface area (Å²) in [6.45, 7) is 0.888. The van der Waals surface area contributed by atoms with Crippen LogP contribution in [0.15, 0.2) is 46.3 Å². The van der Waals surface area contributed by atoms with Crippen LogP contribution in [0.5, 0.6) is 0 Å². The van der Waals surface area contributed by atoms with Gasteiger partial charge >= 0.3 is 11.9 Å². The van der Waals surface area contributed by atoms with Crippen molar-refractivity contribution in [2.24, 2.45) is 12.0 Å². The second-order valence-corrected chi connectivity index (χ2v) is 12.2. The lowest BCUT2D eigenvalue weighted by Crippen LogP contribution is -2.57. The fraction of sp³-hybridized carbons (Fsp3) is 0.375. The summed E-state index contributed by atoms with van der Waals surface area (Å²) in [6.07, 6.45) is 2.24. The van der Waals surface area contributed by atoms with E-state index in [1.165, 1.54) is 22.0 Å². The average Bonchev–Trinajstić information content (AvgIpc) is 3.19. The Morgan fingerprint density at radius 3 is 2.43 bits per heavy atom. The highest BCUT2D eigenvalue weighted by Crippen LogP contribution is 2.36. The number of carbonyl (C=O) groups is 2. The molecule has 2 aromatic carbocycles. The molecule has 1 fully saturated rings. The van der Waals surface area contributed by atoms with Crippen molar-refractivity contribution in [3.8, 4) is 0 Å². The molecule has 0 aliphatic carbocycles. The molecule has 35 heavy (non-hydrogen) atoms. The SMILES string of the molecule is CN=c1sc([N+]2(C(=O)CCS(=O)(=O)c3ccc4cc(Cl)ccc4c3)CCCCC2)c(C(=O)O)n1C. The summed E-state index contributed by atoms with van der Waals surface area (Å²) in [7, 11) is -0.543. The first-order chi connectivity index (χ1) is 16.6. The van der Waals surface area contributed by atoms with Crippen molar-refractivity contribution in [2.45, 2.75) is 30.6 Å². The maximum Gasteiger partial charge on any atom is 0.359 e. The average molecular weight is 537 g/mol. The number of hydrogen-bond acceptors (Lipinski definition) is 6. The summed E-state index contributed by atoms with van der Waals surface area (Å²) < 4.78 is 27.6. The molecule has 0 unspecified atom stereocenters. The summed E-state index contributed by atoms with van der Waals surface area (Å²) in [5.74, 6) is -1.77. The maximum atomic E-state index is 13.7. The minimum atomic E-state index is -3.74. The third kappa shape index (κ3) is 4.80. The number of thiazole rings is 1. The Balaban J connectivity index is 1.67. The minimum absolute atomic E-state index is 0.0295. The quantitative estimate of drug-likeness (QED) is 0.479. The number of aromatic carboxylic acids is 1. The van der Waals surface area contributed by atoms with Crippen LogP contribution in [0.1, 0.15) is 36.2 Å².